The van der Waals surface area contributed by atoms with Crippen molar-refractivity contribution in [3.05, 3.63) is 12.2 Å². The molecule has 0 aromatic heterocycles. The fraction of sp³-hybridized carbons (Fsp3) is 0.444. The first-order valence-corrected chi connectivity index (χ1v) is 7.09. The maximum absolute atomic E-state index is 10.1. The van der Waals surface area contributed by atoms with Gasteiger partial charge in [-0.1, -0.05) is 26.2 Å². The van der Waals surface area contributed by atoms with Crippen LogP contribution in [0.25, 0.3) is 0 Å². The first-order chi connectivity index (χ1) is 4.95. The average Bonchev–Trinajstić information content (AvgIpc) is 1.85. The molecule has 11 heavy (non-hydrogen) atoms. The second-order valence-corrected chi connectivity index (χ2v) is 8.25. The molecule has 0 N–H and O–H groups in total. The van der Waals surface area contributed by atoms with E-state index in [0.717, 1.165) is 6.29 Å². The Hall–Kier alpha value is -0.813. The van der Waals surface area contributed by atoms with E-state index in [1.165, 1.54) is 0 Å². The minimum atomic E-state index is -1.25. The lowest BCUT2D eigenvalue weighted by atomic mass is 10.2. The molecule has 0 unspecified atom stereocenters. The van der Waals surface area contributed by atoms with Gasteiger partial charge in [-0.15, -0.1) is 11.5 Å². The SMILES string of the molecule is C=C(C=O)CC#C[Si](C)(C)C. The van der Waals surface area contributed by atoms with Crippen LogP contribution in [-0.4, -0.2) is 14.4 Å². The van der Waals surface area contributed by atoms with Crippen molar-refractivity contribution >= 4 is 14.4 Å². The molecule has 0 saturated heterocycles. The molecule has 0 heterocycles. The minimum Gasteiger partial charge on any atom is -0.298 e. The van der Waals surface area contributed by atoms with Gasteiger partial charge >= 0.3 is 0 Å². The second kappa shape index (κ2) is 4.15. The van der Waals surface area contributed by atoms with Gasteiger partial charge in [0.25, 0.3) is 0 Å². The summed E-state index contributed by atoms with van der Waals surface area (Å²) < 4.78 is 0. The molecule has 0 saturated carbocycles. The van der Waals surface area contributed by atoms with Crippen molar-refractivity contribution in [2.45, 2.75) is 26.1 Å². The molecule has 0 spiro atoms. The van der Waals surface area contributed by atoms with Gasteiger partial charge in [0, 0.05) is 6.42 Å². The molecule has 0 bridgehead atoms. The molecule has 60 valence electrons. The summed E-state index contributed by atoms with van der Waals surface area (Å²) in [4.78, 5) is 10.1. The van der Waals surface area contributed by atoms with Crippen molar-refractivity contribution in [3.63, 3.8) is 0 Å². The fourth-order valence-electron chi connectivity index (χ4n) is 0.465. The number of allylic oxidation sites excluding steroid dienone is 1. The summed E-state index contributed by atoms with van der Waals surface area (Å²) >= 11 is 0. The highest BCUT2D eigenvalue weighted by molar-refractivity contribution is 6.83. The van der Waals surface area contributed by atoms with Crippen LogP contribution in [0.4, 0.5) is 0 Å². The van der Waals surface area contributed by atoms with E-state index in [9.17, 15) is 4.79 Å². The lowest BCUT2D eigenvalue weighted by molar-refractivity contribution is -0.104. The summed E-state index contributed by atoms with van der Waals surface area (Å²) in [5.74, 6) is 2.96. The Morgan fingerprint density at radius 3 is 2.45 bits per heavy atom. The highest BCUT2D eigenvalue weighted by Crippen LogP contribution is 1.98. The monoisotopic (exact) mass is 166 g/mol. The number of aldehydes is 1. The van der Waals surface area contributed by atoms with Gasteiger partial charge in [-0.05, 0) is 5.57 Å². The molecule has 2 heteroatoms. The van der Waals surface area contributed by atoms with E-state index in [2.05, 4.69) is 37.7 Å². The Kier molecular flexibility index (Phi) is 3.84. The Morgan fingerprint density at radius 2 is 2.09 bits per heavy atom. The van der Waals surface area contributed by atoms with Crippen molar-refractivity contribution in [1.82, 2.24) is 0 Å². The summed E-state index contributed by atoms with van der Waals surface area (Å²) in [6, 6.07) is 0. The lowest BCUT2D eigenvalue weighted by Crippen LogP contribution is -2.16. The predicted octanol–water partition coefficient (Wildman–Crippen LogP) is 2.01. The number of hydrogen-bond acceptors (Lipinski definition) is 1. The number of rotatable bonds is 2. The van der Waals surface area contributed by atoms with Crippen LogP contribution in [0.1, 0.15) is 6.42 Å². The zero-order chi connectivity index (χ0) is 8.91. The lowest BCUT2D eigenvalue weighted by Gasteiger charge is -2.02. The van der Waals surface area contributed by atoms with Crippen molar-refractivity contribution in [3.8, 4) is 11.5 Å². The molecule has 0 aliphatic carbocycles. The van der Waals surface area contributed by atoms with Crippen LogP contribution < -0.4 is 0 Å². The third kappa shape index (κ3) is 7.08. The molecule has 0 fully saturated rings. The van der Waals surface area contributed by atoms with Crippen LogP contribution in [0.3, 0.4) is 0 Å². The first-order valence-electron chi connectivity index (χ1n) is 3.59. The molecule has 1 nitrogen and oxygen atoms in total. The minimum absolute atomic E-state index is 0.522. The Labute approximate surface area is 69.5 Å². The zero-order valence-electron chi connectivity index (χ0n) is 7.40. The van der Waals surface area contributed by atoms with Gasteiger partial charge in [0.2, 0.25) is 0 Å². The maximum atomic E-state index is 10.1. The van der Waals surface area contributed by atoms with E-state index in [4.69, 9.17) is 0 Å². The number of carbonyl (C=O) groups excluding carboxylic acids is 1. The first kappa shape index (κ1) is 10.2. The van der Waals surface area contributed by atoms with Crippen LogP contribution in [0.5, 0.6) is 0 Å². The highest BCUT2D eigenvalue weighted by atomic mass is 28.3. The molecular formula is C9H14OSi. The summed E-state index contributed by atoms with van der Waals surface area (Å²) in [7, 11) is -1.25. The van der Waals surface area contributed by atoms with Crippen LogP contribution in [0.15, 0.2) is 12.2 Å². The van der Waals surface area contributed by atoms with Gasteiger partial charge in [0.15, 0.2) is 0 Å². The third-order valence-corrected chi connectivity index (χ3v) is 1.87. The normalized spacial score (nSPS) is 9.73. The molecule has 0 radical (unpaired) electrons. The largest absolute Gasteiger partial charge is 0.298 e. The van der Waals surface area contributed by atoms with E-state index in [-0.39, 0.29) is 0 Å². The summed E-state index contributed by atoms with van der Waals surface area (Å²) in [6.07, 6.45) is 1.28. The summed E-state index contributed by atoms with van der Waals surface area (Å²) in [6.45, 7) is 10.0. The van der Waals surface area contributed by atoms with E-state index in [1.54, 1.807) is 0 Å². The van der Waals surface area contributed by atoms with E-state index in [1.807, 2.05) is 0 Å². The van der Waals surface area contributed by atoms with Crippen LogP contribution >= 0.6 is 0 Å². The van der Waals surface area contributed by atoms with Gasteiger partial charge in [-0.3, -0.25) is 4.79 Å². The Balaban J connectivity index is 3.92. The standard InChI is InChI=1S/C9H14OSi/c1-9(8-10)6-5-7-11(2,3)4/h8H,1,6H2,2-4H3. The Morgan fingerprint density at radius 1 is 1.55 bits per heavy atom. The van der Waals surface area contributed by atoms with E-state index < -0.39 is 8.07 Å². The summed E-state index contributed by atoms with van der Waals surface area (Å²) in [5.41, 5.74) is 3.72. The van der Waals surface area contributed by atoms with E-state index >= 15 is 0 Å². The second-order valence-electron chi connectivity index (χ2n) is 3.50. The topological polar surface area (TPSA) is 17.1 Å². The highest BCUT2D eigenvalue weighted by Gasteiger charge is 2.06. The third-order valence-electron chi connectivity index (χ3n) is 0.946. The van der Waals surface area contributed by atoms with Gasteiger partial charge in [0.05, 0.1) is 0 Å². The summed E-state index contributed by atoms with van der Waals surface area (Å²) in [5, 5.41) is 0. The number of carbonyl (C=O) groups is 1. The number of hydrogen-bond donors (Lipinski definition) is 0. The molecule has 0 amide bonds. The molecule has 0 aliphatic heterocycles. The average molecular weight is 166 g/mol. The zero-order valence-corrected chi connectivity index (χ0v) is 8.40. The van der Waals surface area contributed by atoms with Crippen molar-refractivity contribution in [1.29, 1.82) is 0 Å². The molecule has 0 aromatic carbocycles. The van der Waals surface area contributed by atoms with E-state index in [0.29, 0.717) is 12.0 Å². The molecule has 0 aromatic rings. The smallest absolute Gasteiger partial charge is 0.146 e. The van der Waals surface area contributed by atoms with Gasteiger partial charge < -0.3 is 0 Å². The molecule has 0 atom stereocenters. The van der Waals surface area contributed by atoms with Crippen molar-refractivity contribution in [2.24, 2.45) is 0 Å². The maximum Gasteiger partial charge on any atom is 0.146 e. The van der Waals surface area contributed by atoms with Crippen LogP contribution in [0, 0.1) is 11.5 Å². The predicted molar refractivity (Wildman–Crippen MR) is 50.9 cm³/mol. The van der Waals surface area contributed by atoms with Gasteiger partial charge in [0.1, 0.15) is 14.4 Å². The molecule has 0 rings (SSSR count). The van der Waals surface area contributed by atoms with Gasteiger partial charge in [-0.25, -0.2) is 0 Å². The van der Waals surface area contributed by atoms with Crippen molar-refractivity contribution in [2.75, 3.05) is 0 Å². The quantitative estimate of drug-likeness (QED) is 0.265. The van der Waals surface area contributed by atoms with Crippen LogP contribution in [0.2, 0.25) is 19.6 Å². The Bertz CT molecular complexity index is 212. The molecular weight excluding hydrogens is 152 g/mol. The fourth-order valence-corrected chi connectivity index (χ4v) is 1.08. The molecule has 0 aliphatic rings. The van der Waals surface area contributed by atoms with Gasteiger partial charge in [-0.2, -0.15) is 0 Å². The van der Waals surface area contributed by atoms with Crippen molar-refractivity contribution < 1.29 is 4.79 Å². The van der Waals surface area contributed by atoms with Crippen LogP contribution in [-0.2, 0) is 4.79 Å².